The lowest BCUT2D eigenvalue weighted by atomic mass is 9.84. The van der Waals surface area contributed by atoms with E-state index in [4.69, 9.17) is 4.74 Å². The SMILES string of the molecule is CCCNC1COCC1C(=O)NC(C)C1CCCCC1. The summed E-state index contributed by atoms with van der Waals surface area (Å²) in [6.45, 7) is 6.48. The van der Waals surface area contributed by atoms with Crippen molar-refractivity contribution in [3.05, 3.63) is 0 Å². The normalized spacial score (nSPS) is 29.3. The minimum absolute atomic E-state index is 0.0207. The van der Waals surface area contributed by atoms with Crippen LogP contribution in [-0.2, 0) is 9.53 Å². The van der Waals surface area contributed by atoms with Gasteiger partial charge in [0.1, 0.15) is 0 Å². The maximum absolute atomic E-state index is 12.4. The maximum Gasteiger partial charge on any atom is 0.227 e. The van der Waals surface area contributed by atoms with Gasteiger partial charge in [-0.1, -0.05) is 26.2 Å². The Balaban J connectivity index is 1.80. The van der Waals surface area contributed by atoms with Gasteiger partial charge in [-0.05, 0) is 38.6 Å². The Kier molecular flexibility index (Phi) is 6.30. The van der Waals surface area contributed by atoms with Crippen LogP contribution in [0.4, 0.5) is 0 Å². The van der Waals surface area contributed by atoms with Crippen LogP contribution in [-0.4, -0.2) is 37.7 Å². The molecule has 1 aliphatic carbocycles. The second kappa shape index (κ2) is 7.99. The lowest BCUT2D eigenvalue weighted by Crippen LogP contribution is -2.48. The second-order valence-corrected chi connectivity index (χ2v) is 6.40. The zero-order valence-electron chi connectivity index (χ0n) is 13.0. The Morgan fingerprint density at radius 3 is 2.70 bits per heavy atom. The molecule has 0 aromatic rings. The van der Waals surface area contributed by atoms with E-state index in [1.807, 2.05) is 0 Å². The first-order valence-electron chi connectivity index (χ1n) is 8.34. The monoisotopic (exact) mass is 282 g/mol. The van der Waals surface area contributed by atoms with Crippen molar-refractivity contribution < 1.29 is 9.53 Å². The molecule has 3 atom stereocenters. The molecule has 2 fully saturated rings. The van der Waals surface area contributed by atoms with Gasteiger partial charge in [0.2, 0.25) is 5.91 Å². The molecule has 2 rings (SSSR count). The summed E-state index contributed by atoms with van der Waals surface area (Å²) in [7, 11) is 0. The van der Waals surface area contributed by atoms with Gasteiger partial charge in [-0.15, -0.1) is 0 Å². The molecule has 4 heteroatoms. The topological polar surface area (TPSA) is 50.4 Å². The van der Waals surface area contributed by atoms with E-state index in [9.17, 15) is 4.79 Å². The summed E-state index contributed by atoms with van der Waals surface area (Å²) < 4.78 is 5.49. The highest BCUT2D eigenvalue weighted by atomic mass is 16.5. The molecule has 0 radical (unpaired) electrons. The van der Waals surface area contributed by atoms with Crippen LogP contribution in [0.3, 0.4) is 0 Å². The predicted octanol–water partition coefficient (Wildman–Crippen LogP) is 2.09. The minimum Gasteiger partial charge on any atom is -0.379 e. The zero-order valence-corrected chi connectivity index (χ0v) is 13.0. The van der Waals surface area contributed by atoms with Gasteiger partial charge in [-0.25, -0.2) is 0 Å². The number of carbonyl (C=O) groups is 1. The number of hydrogen-bond donors (Lipinski definition) is 2. The largest absolute Gasteiger partial charge is 0.379 e. The van der Waals surface area contributed by atoms with Crippen LogP contribution in [0.2, 0.25) is 0 Å². The average molecular weight is 282 g/mol. The lowest BCUT2D eigenvalue weighted by molar-refractivity contribution is -0.126. The van der Waals surface area contributed by atoms with Gasteiger partial charge in [-0.3, -0.25) is 4.79 Å². The van der Waals surface area contributed by atoms with E-state index in [1.165, 1.54) is 32.1 Å². The highest BCUT2D eigenvalue weighted by molar-refractivity contribution is 5.80. The highest BCUT2D eigenvalue weighted by Gasteiger charge is 2.34. The first kappa shape index (κ1) is 15.8. The van der Waals surface area contributed by atoms with E-state index in [0.717, 1.165) is 13.0 Å². The van der Waals surface area contributed by atoms with Crippen molar-refractivity contribution in [2.75, 3.05) is 19.8 Å². The summed E-state index contributed by atoms with van der Waals surface area (Å²) in [5.74, 6) is 0.818. The molecule has 0 aromatic carbocycles. The van der Waals surface area contributed by atoms with Crippen molar-refractivity contribution in [3.63, 3.8) is 0 Å². The Hall–Kier alpha value is -0.610. The molecule has 2 aliphatic rings. The number of carbonyl (C=O) groups excluding carboxylic acids is 1. The number of nitrogens with one attached hydrogen (secondary N) is 2. The first-order valence-corrected chi connectivity index (χ1v) is 8.34. The molecule has 2 N–H and O–H groups in total. The Labute approximate surface area is 123 Å². The minimum atomic E-state index is -0.0207. The van der Waals surface area contributed by atoms with E-state index in [-0.39, 0.29) is 17.9 Å². The van der Waals surface area contributed by atoms with Crippen molar-refractivity contribution in [3.8, 4) is 0 Å². The van der Waals surface area contributed by atoms with Crippen LogP contribution in [0.25, 0.3) is 0 Å². The molecule has 0 aromatic heterocycles. The van der Waals surface area contributed by atoms with Gasteiger partial charge >= 0.3 is 0 Å². The van der Waals surface area contributed by atoms with Crippen molar-refractivity contribution in [1.29, 1.82) is 0 Å². The fraction of sp³-hybridized carbons (Fsp3) is 0.938. The molecule has 4 nitrogen and oxygen atoms in total. The van der Waals surface area contributed by atoms with Gasteiger partial charge in [0.05, 0.1) is 19.1 Å². The smallest absolute Gasteiger partial charge is 0.227 e. The van der Waals surface area contributed by atoms with Crippen LogP contribution in [0, 0.1) is 11.8 Å². The van der Waals surface area contributed by atoms with Crippen LogP contribution < -0.4 is 10.6 Å². The second-order valence-electron chi connectivity index (χ2n) is 6.40. The molecule has 1 saturated carbocycles. The summed E-state index contributed by atoms with van der Waals surface area (Å²) in [6.07, 6.45) is 7.61. The Morgan fingerprint density at radius 1 is 1.25 bits per heavy atom. The number of hydrogen-bond acceptors (Lipinski definition) is 3. The molecule has 116 valence electrons. The van der Waals surface area contributed by atoms with Gasteiger partial charge in [0, 0.05) is 12.1 Å². The van der Waals surface area contributed by atoms with E-state index in [2.05, 4.69) is 24.5 Å². The highest BCUT2D eigenvalue weighted by Crippen LogP contribution is 2.26. The Morgan fingerprint density at radius 2 is 2.00 bits per heavy atom. The van der Waals surface area contributed by atoms with E-state index in [1.54, 1.807) is 0 Å². The van der Waals surface area contributed by atoms with Gasteiger partial charge < -0.3 is 15.4 Å². The maximum atomic E-state index is 12.4. The van der Waals surface area contributed by atoms with Crippen LogP contribution in [0.15, 0.2) is 0 Å². The van der Waals surface area contributed by atoms with Crippen molar-refractivity contribution >= 4 is 5.91 Å². The van der Waals surface area contributed by atoms with Gasteiger partial charge in [0.15, 0.2) is 0 Å². The van der Waals surface area contributed by atoms with Crippen molar-refractivity contribution in [2.24, 2.45) is 11.8 Å². The van der Waals surface area contributed by atoms with E-state index < -0.39 is 0 Å². The summed E-state index contributed by atoms with van der Waals surface area (Å²) in [5.41, 5.74) is 0. The molecule has 1 heterocycles. The number of ether oxygens (including phenoxy) is 1. The van der Waals surface area contributed by atoms with Crippen molar-refractivity contribution in [1.82, 2.24) is 10.6 Å². The molecule has 0 bridgehead atoms. The molecule has 0 spiro atoms. The third-order valence-electron chi connectivity index (χ3n) is 4.80. The summed E-state index contributed by atoms with van der Waals surface area (Å²) >= 11 is 0. The standard InChI is InChI=1S/C16H30N2O2/c1-3-9-17-15-11-20-10-14(15)16(19)18-12(2)13-7-5-4-6-8-13/h12-15,17H,3-11H2,1-2H3,(H,18,19). The summed E-state index contributed by atoms with van der Waals surface area (Å²) in [4.78, 5) is 12.4. The van der Waals surface area contributed by atoms with Gasteiger partial charge in [0.25, 0.3) is 0 Å². The van der Waals surface area contributed by atoms with Crippen LogP contribution in [0.5, 0.6) is 0 Å². The Bertz CT molecular complexity index is 303. The third kappa shape index (κ3) is 4.19. The first-order chi connectivity index (χ1) is 9.72. The zero-order chi connectivity index (χ0) is 14.4. The molecule has 3 unspecified atom stereocenters. The molecule has 20 heavy (non-hydrogen) atoms. The summed E-state index contributed by atoms with van der Waals surface area (Å²) in [5, 5.41) is 6.67. The average Bonchev–Trinajstić information content (AvgIpc) is 2.94. The third-order valence-corrected chi connectivity index (χ3v) is 4.80. The number of rotatable bonds is 6. The molecule has 1 saturated heterocycles. The lowest BCUT2D eigenvalue weighted by Gasteiger charge is -2.29. The van der Waals surface area contributed by atoms with E-state index >= 15 is 0 Å². The molecular formula is C16H30N2O2. The quantitative estimate of drug-likeness (QED) is 0.784. The van der Waals surface area contributed by atoms with Crippen LogP contribution in [0.1, 0.15) is 52.4 Å². The summed E-state index contributed by atoms with van der Waals surface area (Å²) in [6, 6.07) is 0.490. The fourth-order valence-electron chi connectivity index (χ4n) is 3.43. The van der Waals surface area contributed by atoms with E-state index in [0.29, 0.717) is 25.2 Å². The molecular weight excluding hydrogens is 252 g/mol. The fourth-order valence-corrected chi connectivity index (χ4v) is 3.43. The molecule has 1 amide bonds. The predicted molar refractivity (Wildman–Crippen MR) is 80.6 cm³/mol. The van der Waals surface area contributed by atoms with Crippen LogP contribution >= 0.6 is 0 Å². The molecule has 1 aliphatic heterocycles. The van der Waals surface area contributed by atoms with Gasteiger partial charge in [-0.2, -0.15) is 0 Å². The number of amides is 1. The van der Waals surface area contributed by atoms with Crippen molar-refractivity contribution in [2.45, 2.75) is 64.5 Å².